The van der Waals surface area contributed by atoms with Gasteiger partial charge in [0.15, 0.2) is 0 Å². The first-order valence-electron chi connectivity index (χ1n) is 6.06. The molecule has 1 rings (SSSR count). The quantitative estimate of drug-likeness (QED) is 0.765. The standard InChI is InChI=1S/C13H22ClN3/c1-7-13(4,5)17(6)11-8-10(14)15-12(16-11)9(2)3/h8-9H,7H2,1-6H3. The first-order chi connectivity index (χ1) is 7.77. The molecule has 0 N–H and O–H groups in total. The zero-order valence-corrected chi connectivity index (χ0v) is 12.3. The van der Waals surface area contributed by atoms with Gasteiger partial charge < -0.3 is 4.90 Å². The summed E-state index contributed by atoms with van der Waals surface area (Å²) in [7, 11) is 2.05. The van der Waals surface area contributed by atoms with Crippen molar-refractivity contribution in [3.8, 4) is 0 Å². The van der Waals surface area contributed by atoms with E-state index in [4.69, 9.17) is 11.6 Å². The molecule has 0 atom stereocenters. The van der Waals surface area contributed by atoms with Crippen molar-refractivity contribution in [3.63, 3.8) is 0 Å². The van der Waals surface area contributed by atoms with Crippen LogP contribution in [0, 0.1) is 0 Å². The van der Waals surface area contributed by atoms with E-state index in [0.717, 1.165) is 18.1 Å². The molecular formula is C13H22ClN3. The summed E-state index contributed by atoms with van der Waals surface area (Å²) >= 11 is 6.05. The van der Waals surface area contributed by atoms with Crippen LogP contribution in [0.3, 0.4) is 0 Å². The Bertz CT molecular complexity index is 388. The Labute approximate surface area is 109 Å². The second-order valence-electron chi connectivity index (χ2n) is 5.29. The van der Waals surface area contributed by atoms with Crippen LogP contribution in [0.2, 0.25) is 5.15 Å². The van der Waals surface area contributed by atoms with Gasteiger partial charge in [-0.05, 0) is 20.3 Å². The molecule has 0 radical (unpaired) electrons. The van der Waals surface area contributed by atoms with Crippen LogP contribution in [0.25, 0.3) is 0 Å². The Kier molecular flexibility index (Phi) is 4.36. The molecule has 17 heavy (non-hydrogen) atoms. The number of rotatable bonds is 4. The van der Waals surface area contributed by atoms with Crippen LogP contribution >= 0.6 is 11.6 Å². The Balaban J connectivity index is 3.14. The Morgan fingerprint density at radius 1 is 1.35 bits per heavy atom. The molecule has 0 unspecified atom stereocenters. The second-order valence-corrected chi connectivity index (χ2v) is 5.67. The lowest BCUT2D eigenvalue weighted by Crippen LogP contribution is -2.41. The molecule has 0 amide bonds. The van der Waals surface area contributed by atoms with Gasteiger partial charge in [-0.3, -0.25) is 0 Å². The summed E-state index contributed by atoms with van der Waals surface area (Å²) in [6, 6.07) is 1.82. The Hall–Kier alpha value is -0.830. The third kappa shape index (κ3) is 3.32. The minimum atomic E-state index is 0.0614. The van der Waals surface area contributed by atoms with Gasteiger partial charge in [0, 0.05) is 24.6 Å². The maximum Gasteiger partial charge on any atom is 0.135 e. The van der Waals surface area contributed by atoms with Crippen molar-refractivity contribution in [3.05, 3.63) is 17.0 Å². The van der Waals surface area contributed by atoms with Crippen LogP contribution in [0.1, 0.15) is 52.8 Å². The smallest absolute Gasteiger partial charge is 0.135 e. The van der Waals surface area contributed by atoms with Crippen molar-refractivity contribution < 1.29 is 0 Å². The largest absolute Gasteiger partial charge is 0.354 e. The molecule has 0 saturated carbocycles. The van der Waals surface area contributed by atoms with Gasteiger partial charge in [-0.2, -0.15) is 0 Å². The van der Waals surface area contributed by atoms with E-state index in [-0.39, 0.29) is 11.5 Å². The van der Waals surface area contributed by atoms with Crippen molar-refractivity contribution in [1.82, 2.24) is 9.97 Å². The minimum Gasteiger partial charge on any atom is -0.354 e. The van der Waals surface area contributed by atoms with Gasteiger partial charge >= 0.3 is 0 Å². The van der Waals surface area contributed by atoms with E-state index < -0.39 is 0 Å². The summed E-state index contributed by atoms with van der Waals surface area (Å²) in [6.45, 7) is 10.7. The molecule has 4 heteroatoms. The SMILES string of the molecule is CCC(C)(C)N(C)c1cc(Cl)nc(C(C)C)n1. The number of aromatic nitrogens is 2. The predicted octanol–water partition coefficient (Wildman–Crippen LogP) is 3.88. The molecule has 0 saturated heterocycles. The van der Waals surface area contributed by atoms with Crippen molar-refractivity contribution >= 4 is 17.4 Å². The fourth-order valence-electron chi connectivity index (χ4n) is 1.40. The van der Waals surface area contributed by atoms with E-state index in [9.17, 15) is 0 Å². The lowest BCUT2D eigenvalue weighted by molar-refractivity contribution is 0.466. The van der Waals surface area contributed by atoms with E-state index in [1.807, 2.05) is 13.1 Å². The van der Waals surface area contributed by atoms with Crippen molar-refractivity contribution in [2.45, 2.75) is 52.5 Å². The first kappa shape index (κ1) is 14.2. The highest BCUT2D eigenvalue weighted by Gasteiger charge is 2.23. The van der Waals surface area contributed by atoms with Crippen molar-refractivity contribution in [2.24, 2.45) is 0 Å². The molecule has 0 aromatic carbocycles. The molecule has 1 heterocycles. The molecule has 0 aliphatic heterocycles. The van der Waals surface area contributed by atoms with Crippen LogP contribution in [0.4, 0.5) is 5.82 Å². The van der Waals surface area contributed by atoms with Gasteiger partial charge in [0.2, 0.25) is 0 Å². The number of halogens is 1. The predicted molar refractivity (Wildman–Crippen MR) is 73.9 cm³/mol. The summed E-state index contributed by atoms with van der Waals surface area (Å²) in [5.41, 5.74) is 0.0614. The van der Waals surface area contributed by atoms with Crippen LogP contribution in [0.5, 0.6) is 0 Å². The molecule has 1 aromatic rings. The highest BCUT2D eigenvalue weighted by Crippen LogP contribution is 2.26. The highest BCUT2D eigenvalue weighted by molar-refractivity contribution is 6.29. The third-order valence-corrected chi connectivity index (χ3v) is 3.53. The lowest BCUT2D eigenvalue weighted by Gasteiger charge is -2.36. The Morgan fingerprint density at radius 2 is 1.94 bits per heavy atom. The van der Waals surface area contributed by atoms with Gasteiger partial charge in [-0.1, -0.05) is 32.4 Å². The summed E-state index contributed by atoms with van der Waals surface area (Å²) in [4.78, 5) is 11.0. The molecule has 96 valence electrons. The topological polar surface area (TPSA) is 29.0 Å². The fourth-order valence-corrected chi connectivity index (χ4v) is 1.58. The molecule has 0 bridgehead atoms. The maximum absolute atomic E-state index is 6.05. The van der Waals surface area contributed by atoms with E-state index in [2.05, 4.69) is 49.5 Å². The van der Waals surface area contributed by atoms with E-state index in [1.165, 1.54) is 0 Å². The van der Waals surface area contributed by atoms with Crippen LogP contribution in [0.15, 0.2) is 6.07 Å². The van der Waals surface area contributed by atoms with Crippen LogP contribution in [-0.2, 0) is 0 Å². The van der Waals surface area contributed by atoms with E-state index in [1.54, 1.807) is 0 Å². The normalized spacial score (nSPS) is 12.0. The zero-order chi connectivity index (χ0) is 13.2. The monoisotopic (exact) mass is 255 g/mol. The Morgan fingerprint density at radius 3 is 2.41 bits per heavy atom. The lowest BCUT2D eigenvalue weighted by atomic mass is 10.00. The van der Waals surface area contributed by atoms with Crippen LogP contribution in [-0.4, -0.2) is 22.6 Å². The molecule has 0 fully saturated rings. The molecule has 0 spiro atoms. The van der Waals surface area contributed by atoms with Crippen molar-refractivity contribution in [2.75, 3.05) is 11.9 Å². The van der Waals surface area contributed by atoms with Gasteiger partial charge in [-0.15, -0.1) is 0 Å². The van der Waals surface area contributed by atoms with Gasteiger partial charge in [0.1, 0.15) is 16.8 Å². The first-order valence-corrected chi connectivity index (χ1v) is 6.44. The fraction of sp³-hybridized carbons (Fsp3) is 0.692. The van der Waals surface area contributed by atoms with Gasteiger partial charge in [-0.25, -0.2) is 9.97 Å². The third-order valence-electron chi connectivity index (χ3n) is 3.33. The van der Waals surface area contributed by atoms with E-state index in [0.29, 0.717) is 5.15 Å². The molecule has 0 aliphatic carbocycles. The highest BCUT2D eigenvalue weighted by atomic mass is 35.5. The molecular weight excluding hydrogens is 234 g/mol. The number of hydrogen-bond donors (Lipinski definition) is 0. The summed E-state index contributed by atoms with van der Waals surface area (Å²) in [5, 5.41) is 0.512. The summed E-state index contributed by atoms with van der Waals surface area (Å²) in [5.74, 6) is 1.97. The number of nitrogens with zero attached hydrogens (tertiary/aromatic N) is 3. The number of hydrogen-bond acceptors (Lipinski definition) is 3. The zero-order valence-electron chi connectivity index (χ0n) is 11.6. The maximum atomic E-state index is 6.05. The van der Waals surface area contributed by atoms with Crippen molar-refractivity contribution in [1.29, 1.82) is 0 Å². The van der Waals surface area contributed by atoms with Gasteiger partial charge in [0.05, 0.1) is 0 Å². The average Bonchev–Trinajstić information content (AvgIpc) is 2.27. The van der Waals surface area contributed by atoms with Gasteiger partial charge in [0.25, 0.3) is 0 Å². The van der Waals surface area contributed by atoms with E-state index >= 15 is 0 Å². The summed E-state index contributed by atoms with van der Waals surface area (Å²) < 4.78 is 0. The van der Waals surface area contributed by atoms with Crippen LogP contribution < -0.4 is 4.90 Å². The second kappa shape index (κ2) is 5.21. The number of anilines is 1. The molecule has 0 aliphatic rings. The summed E-state index contributed by atoms with van der Waals surface area (Å²) in [6.07, 6.45) is 1.04. The molecule has 1 aromatic heterocycles. The minimum absolute atomic E-state index is 0.0614. The molecule has 3 nitrogen and oxygen atoms in total. The average molecular weight is 256 g/mol.